The molecule has 17 heavy (non-hydrogen) atoms. The lowest BCUT2D eigenvalue weighted by Gasteiger charge is -2.27. The third-order valence-corrected chi connectivity index (χ3v) is 7.92. The highest BCUT2D eigenvalue weighted by Crippen LogP contribution is 2.59. The van der Waals surface area contributed by atoms with E-state index in [1.54, 1.807) is 7.11 Å². The highest BCUT2D eigenvalue weighted by molar-refractivity contribution is 8.34. The molecule has 1 aliphatic rings. The Morgan fingerprint density at radius 3 is 2.47 bits per heavy atom. The van der Waals surface area contributed by atoms with E-state index in [2.05, 4.69) is 12.1 Å². The maximum atomic E-state index is 9.01. The van der Waals surface area contributed by atoms with Crippen molar-refractivity contribution in [2.24, 2.45) is 0 Å². The maximum absolute atomic E-state index is 9.01. The molecule has 1 aromatic rings. The molecule has 0 unspecified atom stereocenters. The van der Waals surface area contributed by atoms with Gasteiger partial charge in [0, 0.05) is 17.3 Å². The van der Waals surface area contributed by atoms with E-state index < -0.39 is 0 Å². The Kier molecular flexibility index (Phi) is 4.97. The van der Waals surface area contributed by atoms with Gasteiger partial charge < -0.3 is 9.84 Å². The summed E-state index contributed by atoms with van der Waals surface area (Å²) in [5, 5.41) is 9.01. The summed E-state index contributed by atoms with van der Waals surface area (Å²) in [6, 6.07) is 8.29. The fourth-order valence-corrected chi connectivity index (χ4v) is 6.67. The molecular weight excluding hydrogens is 272 g/mol. The molecule has 1 N–H and O–H groups in total. The van der Waals surface area contributed by atoms with Crippen molar-refractivity contribution in [3.05, 3.63) is 29.8 Å². The predicted octanol–water partition coefficient (Wildman–Crippen LogP) is 3.01. The van der Waals surface area contributed by atoms with Gasteiger partial charge in [-0.3, -0.25) is 0 Å². The second-order valence-electron chi connectivity index (χ2n) is 3.55. The maximum Gasteiger partial charge on any atom is 0.132 e. The molecule has 0 amide bonds. The standard InChI is InChI=1S/C12H16O2S3/c1-14-11-4-2-10(3-5-11)12(15-7-6-13)16-8-9-17-12/h2-5,13H,6-9H2,1H3. The van der Waals surface area contributed by atoms with Gasteiger partial charge in [-0.2, -0.15) is 0 Å². The summed E-state index contributed by atoms with van der Waals surface area (Å²) in [6.07, 6.45) is 0. The first-order valence-electron chi connectivity index (χ1n) is 5.48. The first-order chi connectivity index (χ1) is 8.30. The summed E-state index contributed by atoms with van der Waals surface area (Å²) < 4.78 is 5.25. The van der Waals surface area contributed by atoms with Crippen LogP contribution in [0.1, 0.15) is 5.56 Å². The highest BCUT2D eigenvalue weighted by Gasteiger charge is 2.37. The molecule has 1 saturated heterocycles. The van der Waals surface area contributed by atoms with Crippen LogP contribution < -0.4 is 4.74 Å². The number of aliphatic hydroxyl groups is 1. The Morgan fingerprint density at radius 1 is 1.29 bits per heavy atom. The van der Waals surface area contributed by atoms with E-state index in [4.69, 9.17) is 9.84 Å². The zero-order chi connectivity index (χ0) is 12.1. The van der Waals surface area contributed by atoms with Crippen molar-refractivity contribution >= 4 is 35.3 Å². The van der Waals surface area contributed by atoms with E-state index >= 15 is 0 Å². The number of thioether (sulfide) groups is 3. The SMILES string of the molecule is COc1ccc(C2(SCCO)SCCS2)cc1. The first-order valence-corrected chi connectivity index (χ1v) is 8.44. The zero-order valence-electron chi connectivity index (χ0n) is 9.72. The van der Waals surface area contributed by atoms with Gasteiger partial charge in [-0.1, -0.05) is 12.1 Å². The molecule has 1 fully saturated rings. The van der Waals surface area contributed by atoms with E-state index in [0.717, 1.165) is 11.5 Å². The number of ether oxygens (including phenoxy) is 1. The largest absolute Gasteiger partial charge is 0.497 e. The van der Waals surface area contributed by atoms with Crippen molar-refractivity contribution in [2.45, 2.75) is 3.41 Å². The Balaban J connectivity index is 2.19. The van der Waals surface area contributed by atoms with Crippen LogP contribution in [-0.4, -0.2) is 36.1 Å². The predicted molar refractivity (Wildman–Crippen MR) is 79.1 cm³/mol. The van der Waals surface area contributed by atoms with Gasteiger partial charge in [-0.15, -0.1) is 35.3 Å². The van der Waals surface area contributed by atoms with Crippen LogP contribution in [0, 0.1) is 0 Å². The molecule has 0 aliphatic carbocycles. The molecule has 0 saturated carbocycles. The van der Waals surface area contributed by atoms with Gasteiger partial charge in [-0.25, -0.2) is 0 Å². The Hall–Kier alpha value is 0.0300. The highest BCUT2D eigenvalue weighted by atomic mass is 32.3. The number of benzene rings is 1. The van der Waals surface area contributed by atoms with Crippen molar-refractivity contribution in [1.29, 1.82) is 0 Å². The third kappa shape index (κ3) is 3.08. The normalized spacial score (nSPS) is 18.2. The van der Waals surface area contributed by atoms with Crippen LogP contribution >= 0.6 is 35.3 Å². The number of hydrogen-bond acceptors (Lipinski definition) is 5. The molecule has 0 radical (unpaired) electrons. The summed E-state index contributed by atoms with van der Waals surface area (Å²) in [5.41, 5.74) is 1.31. The minimum Gasteiger partial charge on any atom is -0.497 e. The van der Waals surface area contributed by atoms with Gasteiger partial charge >= 0.3 is 0 Å². The van der Waals surface area contributed by atoms with Gasteiger partial charge in [-0.05, 0) is 17.7 Å². The Labute approximate surface area is 115 Å². The number of aliphatic hydroxyl groups excluding tert-OH is 1. The molecule has 1 heterocycles. The number of rotatable bonds is 5. The summed E-state index contributed by atoms with van der Waals surface area (Å²) in [5.74, 6) is 4.03. The zero-order valence-corrected chi connectivity index (χ0v) is 12.2. The molecule has 5 heteroatoms. The van der Waals surface area contributed by atoms with Crippen molar-refractivity contribution in [2.75, 3.05) is 31.0 Å². The number of hydrogen-bond donors (Lipinski definition) is 1. The molecule has 0 spiro atoms. The van der Waals surface area contributed by atoms with Crippen LogP contribution in [-0.2, 0) is 3.41 Å². The van der Waals surface area contributed by atoms with Gasteiger partial charge in [0.25, 0.3) is 0 Å². The first kappa shape index (κ1) is 13.5. The second kappa shape index (κ2) is 6.27. The molecule has 0 atom stereocenters. The third-order valence-electron chi connectivity index (χ3n) is 2.49. The fourth-order valence-electron chi connectivity index (χ4n) is 1.70. The van der Waals surface area contributed by atoms with Crippen LogP contribution in [0.3, 0.4) is 0 Å². The molecule has 0 aromatic heterocycles. The van der Waals surface area contributed by atoms with Crippen LogP contribution in [0.25, 0.3) is 0 Å². The van der Waals surface area contributed by atoms with Crippen LogP contribution in [0.4, 0.5) is 0 Å². The van der Waals surface area contributed by atoms with Crippen molar-refractivity contribution in [3.63, 3.8) is 0 Å². The molecule has 0 bridgehead atoms. The van der Waals surface area contributed by atoms with Crippen LogP contribution in [0.15, 0.2) is 24.3 Å². The minimum absolute atomic E-state index is 0.0645. The molecule has 1 aliphatic heterocycles. The van der Waals surface area contributed by atoms with E-state index in [0.29, 0.717) is 0 Å². The van der Waals surface area contributed by atoms with Crippen LogP contribution in [0.2, 0.25) is 0 Å². The average molecular weight is 288 g/mol. The minimum atomic E-state index is 0.0645. The average Bonchev–Trinajstić information content (AvgIpc) is 2.86. The number of methoxy groups -OCH3 is 1. The van der Waals surface area contributed by atoms with E-state index in [1.165, 1.54) is 17.1 Å². The fraction of sp³-hybridized carbons (Fsp3) is 0.500. The lowest BCUT2D eigenvalue weighted by molar-refractivity contribution is 0.322. The smallest absolute Gasteiger partial charge is 0.132 e. The second-order valence-corrected chi connectivity index (χ2v) is 8.26. The van der Waals surface area contributed by atoms with Crippen molar-refractivity contribution in [1.82, 2.24) is 0 Å². The summed E-state index contributed by atoms with van der Waals surface area (Å²) in [7, 11) is 1.68. The summed E-state index contributed by atoms with van der Waals surface area (Å²) >= 11 is 5.77. The molecule has 1 aromatic carbocycles. The molecule has 2 rings (SSSR count). The van der Waals surface area contributed by atoms with Gasteiger partial charge in [0.15, 0.2) is 0 Å². The van der Waals surface area contributed by atoms with E-state index in [9.17, 15) is 0 Å². The lowest BCUT2D eigenvalue weighted by atomic mass is 10.2. The van der Waals surface area contributed by atoms with Crippen LogP contribution in [0.5, 0.6) is 5.75 Å². The molecule has 2 nitrogen and oxygen atoms in total. The summed E-state index contributed by atoms with van der Waals surface area (Å²) in [6.45, 7) is 0.240. The Bertz CT molecular complexity index is 347. The van der Waals surface area contributed by atoms with Crippen molar-refractivity contribution < 1.29 is 9.84 Å². The molecular formula is C12H16O2S3. The Morgan fingerprint density at radius 2 is 1.94 bits per heavy atom. The lowest BCUT2D eigenvalue weighted by Crippen LogP contribution is -2.11. The quantitative estimate of drug-likeness (QED) is 0.899. The summed E-state index contributed by atoms with van der Waals surface area (Å²) in [4.78, 5) is 0. The van der Waals surface area contributed by atoms with Gasteiger partial charge in [0.2, 0.25) is 0 Å². The monoisotopic (exact) mass is 288 g/mol. The van der Waals surface area contributed by atoms with E-state index in [1.807, 2.05) is 47.4 Å². The molecule has 94 valence electrons. The van der Waals surface area contributed by atoms with Gasteiger partial charge in [0.05, 0.1) is 13.7 Å². The van der Waals surface area contributed by atoms with Crippen molar-refractivity contribution in [3.8, 4) is 5.75 Å². The van der Waals surface area contributed by atoms with E-state index in [-0.39, 0.29) is 10.0 Å². The topological polar surface area (TPSA) is 29.5 Å². The van der Waals surface area contributed by atoms with Gasteiger partial charge in [0.1, 0.15) is 9.16 Å².